The molecule has 2 bridgehead atoms. The average Bonchev–Trinajstić information content (AvgIpc) is 2.91. The molecule has 90 valence electrons. The minimum atomic E-state index is 0.0996. The Hall–Kier alpha value is -1.31. The molecular weight excluding hydrogens is 210 g/mol. The Morgan fingerprint density at radius 2 is 1.94 bits per heavy atom. The van der Waals surface area contributed by atoms with Gasteiger partial charge in [-0.3, -0.25) is 4.79 Å². The largest absolute Gasteiger partial charge is 0.349 e. The first-order valence-corrected chi connectivity index (χ1v) is 6.60. The maximum absolute atomic E-state index is 12.1. The molecule has 0 radical (unpaired) electrons. The van der Waals surface area contributed by atoms with Gasteiger partial charge in [-0.2, -0.15) is 0 Å². The first-order valence-electron chi connectivity index (χ1n) is 6.60. The van der Waals surface area contributed by atoms with E-state index in [1.54, 1.807) is 0 Å². The fraction of sp³-hybridized carbons (Fsp3) is 0.533. The van der Waals surface area contributed by atoms with Gasteiger partial charge in [0.15, 0.2) is 0 Å². The van der Waals surface area contributed by atoms with Crippen LogP contribution in [0.2, 0.25) is 0 Å². The van der Waals surface area contributed by atoms with Gasteiger partial charge >= 0.3 is 0 Å². The molecule has 2 aliphatic rings. The lowest BCUT2D eigenvalue weighted by molar-refractivity contribution is 0.0923. The highest BCUT2D eigenvalue weighted by molar-refractivity contribution is 5.94. The van der Waals surface area contributed by atoms with Crippen LogP contribution in [0.4, 0.5) is 0 Å². The van der Waals surface area contributed by atoms with E-state index >= 15 is 0 Å². The number of hydrogen-bond acceptors (Lipinski definition) is 1. The SMILES string of the molecule is Cc1ccc(C(=O)N[C@@H]2C[C@H]3CC[C@H]2C3)cc1. The van der Waals surface area contributed by atoms with Gasteiger partial charge in [-0.25, -0.2) is 0 Å². The van der Waals surface area contributed by atoms with Crippen LogP contribution < -0.4 is 5.32 Å². The summed E-state index contributed by atoms with van der Waals surface area (Å²) in [6.07, 6.45) is 5.21. The van der Waals surface area contributed by atoms with Crippen LogP contribution >= 0.6 is 0 Å². The number of hydrogen-bond donors (Lipinski definition) is 1. The van der Waals surface area contributed by atoms with E-state index in [0.29, 0.717) is 6.04 Å². The third-order valence-corrected chi connectivity index (χ3v) is 4.37. The van der Waals surface area contributed by atoms with Gasteiger partial charge < -0.3 is 5.32 Å². The summed E-state index contributed by atoms with van der Waals surface area (Å²) in [6.45, 7) is 2.04. The maximum atomic E-state index is 12.1. The van der Waals surface area contributed by atoms with E-state index in [1.165, 1.54) is 31.2 Å². The van der Waals surface area contributed by atoms with Gasteiger partial charge in [0, 0.05) is 11.6 Å². The van der Waals surface area contributed by atoms with Crippen molar-refractivity contribution < 1.29 is 4.79 Å². The Labute approximate surface area is 102 Å². The predicted octanol–water partition coefficient (Wildman–Crippen LogP) is 2.91. The molecule has 2 saturated carbocycles. The summed E-state index contributed by atoms with van der Waals surface area (Å²) in [7, 11) is 0. The molecule has 2 fully saturated rings. The molecule has 3 rings (SSSR count). The number of benzene rings is 1. The van der Waals surface area contributed by atoms with Crippen LogP contribution in [0.3, 0.4) is 0 Å². The topological polar surface area (TPSA) is 29.1 Å². The van der Waals surface area contributed by atoms with E-state index in [9.17, 15) is 4.79 Å². The van der Waals surface area contributed by atoms with Crippen molar-refractivity contribution in [3.63, 3.8) is 0 Å². The zero-order chi connectivity index (χ0) is 11.8. The van der Waals surface area contributed by atoms with E-state index in [0.717, 1.165) is 17.4 Å². The molecule has 0 aromatic heterocycles. The Morgan fingerprint density at radius 1 is 1.18 bits per heavy atom. The zero-order valence-corrected chi connectivity index (χ0v) is 10.3. The number of fused-ring (bicyclic) bond motifs is 2. The van der Waals surface area contributed by atoms with E-state index in [1.807, 2.05) is 31.2 Å². The van der Waals surface area contributed by atoms with Gasteiger partial charge in [0.05, 0.1) is 0 Å². The summed E-state index contributed by atoms with van der Waals surface area (Å²) in [5.74, 6) is 1.72. The van der Waals surface area contributed by atoms with Crippen LogP contribution in [0.5, 0.6) is 0 Å². The van der Waals surface area contributed by atoms with Gasteiger partial charge in [0.25, 0.3) is 5.91 Å². The average molecular weight is 229 g/mol. The fourth-order valence-electron chi connectivity index (χ4n) is 3.38. The van der Waals surface area contributed by atoms with Gasteiger partial charge in [0.2, 0.25) is 0 Å². The van der Waals surface area contributed by atoms with Crippen molar-refractivity contribution in [2.24, 2.45) is 11.8 Å². The molecule has 3 atom stereocenters. The number of aryl methyl sites for hydroxylation is 1. The molecular formula is C15H19NO. The molecule has 1 N–H and O–H groups in total. The number of amides is 1. The second-order valence-electron chi connectivity index (χ2n) is 5.62. The van der Waals surface area contributed by atoms with E-state index < -0.39 is 0 Å². The normalized spacial score (nSPS) is 30.5. The third-order valence-electron chi connectivity index (χ3n) is 4.37. The maximum Gasteiger partial charge on any atom is 0.251 e. The van der Waals surface area contributed by atoms with E-state index in [-0.39, 0.29) is 5.91 Å². The highest BCUT2D eigenvalue weighted by Gasteiger charge is 2.40. The second kappa shape index (κ2) is 4.17. The zero-order valence-electron chi connectivity index (χ0n) is 10.3. The minimum absolute atomic E-state index is 0.0996. The van der Waals surface area contributed by atoms with Gasteiger partial charge in [0.1, 0.15) is 0 Å². The van der Waals surface area contributed by atoms with Crippen LogP contribution in [0.1, 0.15) is 41.6 Å². The molecule has 0 heterocycles. The Morgan fingerprint density at radius 3 is 2.53 bits per heavy atom. The van der Waals surface area contributed by atoms with Crippen molar-refractivity contribution in [2.45, 2.75) is 38.6 Å². The highest BCUT2D eigenvalue weighted by Crippen LogP contribution is 2.44. The lowest BCUT2D eigenvalue weighted by atomic mass is 9.95. The predicted molar refractivity (Wildman–Crippen MR) is 67.9 cm³/mol. The lowest BCUT2D eigenvalue weighted by Crippen LogP contribution is -2.38. The van der Waals surface area contributed by atoms with Gasteiger partial charge in [-0.15, -0.1) is 0 Å². The smallest absolute Gasteiger partial charge is 0.251 e. The van der Waals surface area contributed by atoms with Crippen LogP contribution in [0.25, 0.3) is 0 Å². The van der Waals surface area contributed by atoms with E-state index in [4.69, 9.17) is 0 Å². The summed E-state index contributed by atoms with van der Waals surface area (Å²) in [6, 6.07) is 8.25. The fourth-order valence-corrected chi connectivity index (χ4v) is 3.38. The van der Waals surface area contributed by atoms with Crippen molar-refractivity contribution in [1.82, 2.24) is 5.32 Å². The van der Waals surface area contributed by atoms with Crippen molar-refractivity contribution in [1.29, 1.82) is 0 Å². The molecule has 2 nitrogen and oxygen atoms in total. The van der Waals surface area contributed by atoms with Gasteiger partial charge in [-0.05, 0) is 50.2 Å². The monoisotopic (exact) mass is 229 g/mol. The van der Waals surface area contributed by atoms with Crippen molar-refractivity contribution in [2.75, 3.05) is 0 Å². The molecule has 2 aliphatic carbocycles. The number of rotatable bonds is 2. The Kier molecular flexibility index (Phi) is 2.65. The quantitative estimate of drug-likeness (QED) is 0.830. The summed E-state index contributed by atoms with van der Waals surface area (Å²) in [4.78, 5) is 12.1. The summed E-state index contributed by atoms with van der Waals surface area (Å²) < 4.78 is 0. The van der Waals surface area contributed by atoms with E-state index in [2.05, 4.69) is 5.32 Å². The number of carbonyl (C=O) groups is 1. The Balaban J connectivity index is 1.65. The van der Waals surface area contributed by atoms with Crippen LogP contribution in [-0.4, -0.2) is 11.9 Å². The molecule has 2 heteroatoms. The lowest BCUT2D eigenvalue weighted by Gasteiger charge is -2.22. The summed E-state index contributed by atoms with van der Waals surface area (Å²) in [5.41, 5.74) is 1.99. The molecule has 1 aromatic carbocycles. The molecule has 0 spiro atoms. The Bertz CT molecular complexity index is 423. The molecule has 0 saturated heterocycles. The van der Waals surface area contributed by atoms with Gasteiger partial charge in [-0.1, -0.05) is 24.1 Å². The minimum Gasteiger partial charge on any atom is -0.349 e. The molecule has 1 aromatic rings. The van der Waals surface area contributed by atoms with Crippen LogP contribution in [-0.2, 0) is 0 Å². The molecule has 17 heavy (non-hydrogen) atoms. The van der Waals surface area contributed by atoms with Crippen molar-refractivity contribution in [3.8, 4) is 0 Å². The van der Waals surface area contributed by atoms with Crippen LogP contribution in [0.15, 0.2) is 24.3 Å². The first kappa shape index (κ1) is 10.8. The second-order valence-corrected chi connectivity index (χ2v) is 5.62. The van der Waals surface area contributed by atoms with Crippen LogP contribution in [0, 0.1) is 18.8 Å². The molecule has 0 unspecified atom stereocenters. The number of carbonyl (C=O) groups excluding carboxylic acids is 1. The summed E-state index contributed by atoms with van der Waals surface area (Å²) >= 11 is 0. The summed E-state index contributed by atoms with van der Waals surface area (Å²) in [5, 5.41) is 3.21. The number of nitrogens with one attached hydrogen (secondary N) is 1. The first-order chi connectivity index (χ1) is 8.22. The highest BCUT2D eigenvalue weighted by atomic mass is 16.1. The van der Waals surface area contributed by atoms with Crippen molar-refractivity contribution in [3.05, 3.63) is 35.4 Å². The van der Waals surface area contributed by atoms with Crippen molar-refractivity contribution >= 4 is 5.91 Å². The standard InChI is InChI=1S/C15H19NO/c1-10-2-5-12(6-3-10)15(17)16-14-9-11-4-7-13(14)8-11/h2-3,5-6,11,13-14H,4,7-9H2,1H3,(H,16,17)/t11-,13-,14+/m0/s1. The third kappa shape index (κ3) is 2.08. The molecule has 1 amide bonds. The molecule has 0 aliphatic heterocycles.